The molecule has 1 N–H and O–H groups in total. The molecule has 1 unspecified atom stereocenters. The summed E-state index contributed by atoms with van der Waals surface area (Å²) >= 11 is 0. The zero-order valence-electron chi connectivity index (χ0n) is 9.38. The fourth-order valence-corrected chi connectivity index (χ4v) is 1.72. The van der Waals surface area contributed by atoms with Gasteiger partial charge in [-0.15, -0.1) is 0 Å². The lowest BCUT2D eigenvalue weighted by atomic mass is 10.1. The molecule has 0 aromatic heterocycles. The first-order valence-corrected chi connectivity index (χ1v) is 5.11. The molecular formula is C11H10F3NO3. The van der Waals surface area contributed by atoms with Gasteiger partial charge in [0.05, 0.1) is 19.2 Å². The summed E-state index contributed by atoms with van der Waals surface area (Å²) in [5.41, 5.74) is -0.399. The highest BCUT2D eigenvalue weighted by Gasteiger charge is 2.35. The van der Waals surface area contributed by atoms with Crippen LogP contribution in [-0.2, 0) is 10.9 Å². The molecule has 1 aliphatic rings. The number of benzene rings is 1. The largest absolute Gasteiger partial charge is 0.496 e. The van der Waals surface area contributed by atoms with Crippen LogP contribution in [0.5, 0.6) is 5.75 Å². The summed E-state index contributed by atoms with van der Waals surface area (Å²) in [6.45, 7) is 0.230. The molecule has 1 aliphatic heterocycles. The van der Waals surface area contributed by atoms with Crippen molar-refractivity contribution >= 4 is 6.09 Å². The van der Waals surface area contributed by atoms with Gasteiger partial charge in [-0.05, 0) is 17.7 Å². The molecular weight excluding hydrogens is 251 g/mol. The van der Waals surface area contributed by atoms with Crippen LogP contribution in [0.4, 0.5) is 18.0 Å². The molecule has 1 amide bonds. The average molecular weight is 261 g/mol. The normalized spacial score (nSPS) is 19.3. The van der Waals surface area contributed by atoms with Crippen molar-refractivity contribution in [1.82, 2.24) is 5.32 Å². The number of halogens is 3. The van der Waals surface area contributed by atoms with E-state index in [1.807, 2.05) is 0 Å². The molecule has 0 bridgehead atoms. The Bertz CT molecular complexity index is 473. The number of carbonyl (C=O) groups is 1. The van der Waals surface area contributed by atoms with Crippen molar-refractivity contribution < 1.29 is 27.4 Å². The van der Waals surface area contributed by atoms with E-state index < -0.39 is 23.9 Å². The Kier molecular flexibility index (Phi) is 3.06. The van der Waals surface area contributed by atoms with Crippen LogP contribution in [0.1, 0.15) is 17.2 Å². The third-order valence-corrected chi connectivity index (χ3v) is 2.58. The van der Waals surface area contributed by atoms with Gasteiger partial charge in [0, 0.05) is 0 Å². The summed E-state index contributed by atoms with van der Waals surface area (Å²) in [5, 5.41) is 2.43. The first-order valence-electron chi connectivity index (χ1n) is 5.11. The van der Waals surface area contributed by atoms with E-state index in [-0.39, 0.29) is 12.3 Å². The summed E-state index contributed by atoms with van der Waals surface area (Å²) in [7, 11) is 1.16. The van der Waals surface area contributed by atoms with Crippen molar-refractivity contribution in [2.24, 2.45) is 0 Å². The van der Waals surface area contributed by atoms with Crippen molar-refractivity contribution in [3.63, 3.8) is 0 Å². The molecule has 1 atom stereocenters. The molecule has 0 aliphatic carbocycles. The highest BCUT2D eigenvalue weighted by atomic mass is 19.4. The fraction of sp³-hybridized carbons (Fsp3) is 0.364. The molecule has 4 nitrogen and oxygen atoms in total. The van der Waals surface area contributed by atoms with Crippen LogP contribution in [0.3, 0.4) is 0 Å². The maximum atomic E-state index is 12.6. The van der Waals surface area contributed by atoms with Gasteiger partial charge in [0.1, 0.15) is 11.9 Å². The number of alkyl halides is 3. The van der Waals surface area contributed by atoms with Crippen molar-refractivity contribution in [3.05, 3.63) is 29.3 Å². The van der Waals surface area contributed by atoms with Crippen molar-refractivity contribution in [1.29, 1.82) is 0 Å². The number of methoxy groups -OCH3 is 1. The molecule has 2 rings (SSSR count). The lowest BCUT2D eigenvalue weighted by molar-refractivity contribution is -0.138. The van der Waals surface area contributed by atoms with Crippen molar-refractivity contribution in [3.8, 4) is 5.75 Å². The van der Waals surface area contributed by atoms with Gasteiger partial charge in [0.15, 0.2) is 0 Å². The molecule has 7 heteroatoms. The fourth-order valence-electron chi connectivity index (χ4n) is 1.72. The first kappa shape index (κ1) is 12.5. The Labute approximate surface area is 101 Å². The average Bonchev–Trinajstić information content (AvgIpc) is 2.74. The Morgan fingerprint density at radius 2 is 2.17 bits per heavy atom. The van der Waals surface area contributed by atoms with Gasteiger partial charge in [-0.2, -0.15) is 13.2 Å². The molecule has 0 radical (unpaired) electrons. The highest BCUT2D eigenvalue weighted by molar-refractivity contribution is 5.69. The van der Waals surface area contributed by atoms with Crippen LogP contribution in [0, 0.1) is 0 Å². The first-order chi connectivity index (χ1) is 8.41. The second-order valence-corrected chi connectivity index (χ2v) is 3.73. The summed E-state index contributed by atoms with van der Waals surface area (Å²) in [6.07, 6.45) is -5.65. The Hall–Kier alpha value is -1.92. The molecule has 1 fully saturated rings. The van der Waals surface area contributed by atoms with Gasteiger partial charge in [0.2, 0.25) is 0 Å². The number of hydrogen-bond donors (Lipinski definition) is 1. The molecule has 1 saturated heterocycles. The maximum absolute atomic E-state index is 12.6. The minimum atomic E-state index is -4.48. The summed E-state index contributed by atoms with van der Waals surface area (Å²) in [6, 6.07) is 3.42. The quantitative estimate of drug-likeness (QED) is 0.889. The Balaban J connectivity index is 2.33. The van der Waals surface area contributed by atoms with Gasteiger partial charge in [-0.1, -0.05) is 6.07 Å². The van der Waals surface area contributed by atoms with Gasteiger partial charge in [0.25, 0.3) is 0 Å². The van der Waals surface area contributed by atoms with Crippen LogP contribution < -0.4 is 10.1 Å². The Morgan fingerprint density at radius 1 is 1.44 bits per heavy atom. The Morgan fingerprint density at radius 3 is 2.67 bits per heavy atom. The van der Waals surface area contributed by atoms with E-state index in [4.69, 9.17) is 9.47 Å². The van der Waals surface area contributed by atoms with Crippen molar-refractivity contribution in [2.45, 2.75) is 12.3 Å². The topological polar surface area (TPSA) is 47.6 Å². The van der Waals surface area contributed by atoms with Crippen LogP contribution in [0.2, 0.25) is 0 Å². The van der Waals surface area contributed by atoms with Crippen LogP contribution in [0.25, 0.3) is 0 Å². The predicted octanol–water partition coefficient (Wildman–Crippen LogP) is 2.49. The number of alkyl carbamates (subject to hydrolysis) is 1. The second-order valence-electron chi connectivity index (χ2n) is 3.73. The van der Waals surface area contributed by atoms with E-state index in [2.05, 4.69) is 5.32 Å². The smallest absolute Gasteiger partial charge is 0.419 e. The lowest BCUT2D eigenvalue weighted by Gasteiger charge is -2.15. The van der Waals surface area contributed by atoms with E-state index in [9.17, 15) is 18.0 Å². The summed E-state index contributed by atoms with van der Waals surface area (Å²) < 4.78 is 47.5. The third-order valence-electron chi connectivity index (χ3n) is 2.58. The number of ether oxygens (including phenoxy) is 2. The third kappa shape index (κ3) is 2.34. The zero-order chi connectivity index (χ0) is 13.3. The van der Waals surface area contributed by atoms with E-state index in [0.717, 1.165) is 13.2 Å². The summed E-state index contributed by atoms with van der Waals surface area (Å²) in [5.74, 6) is -0.289. The number of cyclic esters (lactones) is 1. The van der Waals surface area contributed by atoms with Crippen LogP contribution in [-0.4, -0.2) is 19.7 Å². The minimum absolute atomic E-state index is 0.230. The van der Waals surface area contributed by atoms with E-state index in [0.29, 0.717) is 5.56 Å². The van der Waals surface area contributed by atoms with E-state index in [1.165, 1.54) is 12.1 Å². The molecule has 0 spiro atoms. The predicted molar refractivity (Wildman–Crippen MR) is 55.2 cm³/mol. The monoisotopic (exact) mass is 261 g/mol. The highest BCUT2D eigenvalue weighted by Crippen LogP contribution is 2.38. The number of rotatable bonds is 2. The van der Waals surface area contributed by atoms with Crippen LogP contribution >= 0.6 is 0 Å². The van der Waals surface area contributed by atoms with Crippen molar-refractivity contribution in [2.75, 3.05) is 13.7 Å². The molecule has 0 saturated carbocycles. The SMILES string of the molecule is COc1cc(C2CNC(=O)O2)ccc1C(F)(F)F. The zero-order valence-corrected chi connectivity index (χ0v) is 9.38. The molecule has 98 valence electrons. The van der Waals surface area contributed by atoms with Crippen LogP contribution in [0.15, 0.2) is 18.2 Å². The van der Waals surface area contributed by atoms with Gasteiger partial charge in [-0.3, -0.25) is 0 Å². The standard InChI is InChI=1S/C11H10F3NO3/c1-17-8-4-6(9-5-15-10(16)18-9)2-3-7(8)11(12,13)14/h2-4,9H,5H2,1H3,(H,15,16). The number of carbonyl (C=O) groups excluding carboxylic acids is 1. The van der Waals surface area contributed by atoms with Gasteiger partial charge in [-0.25, -0.2) is 4.79 Å². The van der Waals surface area contributed by atoms with E-state index in [1.54, 1.807) is 0 Å². The number of nitrogens with one attached hydrogen (secondary N) is 1. The molecule has 1 heterocycles. The lowest BCUT2D eigenvalue weighted by Crippen LogP contribution is -2.12. The number of amides is 1. The van der Waals surface area contributed by atoms with Gasteiger partial charge >= 0.3 is 12.3 Å². The van der Waals surface area contributed by atoms with Gasteiger partial charge < -0.3 is 14.8 Å². The minimum Gasteiger partial charge on any atom is -0.496 e. The summed E-state index contributed by atoms with van der Waals surface area (Å²) in [4.78, 5) is 10.9. The molecule has 18 heavy (non-hydrogen) atoms. The molecule has 1 aromatic carbocycles. The maximum Gasteiger partial charge on any atom is 0.419 e. The second kappa shape index (κ2) is 4.40. The molecule has 1 aromatic rings. The van der Waals surface area contributed by atoms with E-state index >= 15 is 0 Å². The number of hydrogen-bond acceptors (Lipinski definition) is 3.